The maximum atomic E-state index is 12.4. The second-order valence-corrected chi connectivity index (χ2v) is 7.52. The van der Waals surface area contributed by atoms with E-state index in [1.165, 1.54) is 14.2 Å². The van der Waals surface area contributed by atoms with Gasteiger partial charge in [-0.3, -0.25) is 9.69 Å². The van der Waals surface area contributed by atoms with Gasteiger partial charge in [-0.1, -0.05) is 25.1 Å². The number of para-hydroxylation sites is 1. The minimum absolute atomic E-state index is 0.0159. The van der Waals surface area contributed by atoms with Gasteiger partial charge < -0.3 is 24.6 Å². The minimum atomic E-state index is -0.887. The zero-order valence-electron chi connectivity index (χ0n) is 19.1. The molecule has 0 saturated heterocycles. The van der Waals surface area contributed by atoms with Crippen LogP contribution in [0.4, 0.5) is 0 Å². The molecule has 2 aromatic rings. The number of benzene rings is 2. The molecule has 0 bridgehead atoms. The van der Waals surface area contributed by atoms with Crippen molar-refractivity contribution in [2.24, 2.45) is 0 Å². The average Bonchev–Trinajstić information content (AvgIpc) is 2.79. The highest BCUT2D eigenvalue weighted by atomic mass is 16.5. The van der Waals surface area contributed by atoms with Crippen LogP contribution in [0, 0.1) is 0 Å². The van der Waals surface area contributed by atoms with E-state index in [4.69, 9.17) is 14.2 Å². The Morgan fingerprint density at radius 2 is 1.68 bits per heavy atom. The summed E-state index contributed by atoms with van der Waals surface area (Å²) in [5.41, 5.74) is 1.71. The van der Waals surface area contributed by atoms with Gasteiger partial charge in [0.25, 0.3) is 5.91 Å². The molecule has 0 aliphatic heterocycles. The van der Waals surface area contributed by atoms with E-state index in [1.807, 2.05) is 12.1 Å². The summed E-state index contributed by atoms with van der Waals surface area (Å²) in [6.45, 7) is 8.35. The summed E-state index contributed by atoms with van der Waals surface area (Å²) in [6, 6.07) is 13.3. The van der Waals surface area contributed by atoms with Crippen LogP contribution < -0.4 is 19.5 Å². The lowest BCUT2D eigenvalue weighted by molar-refractivity contribution is 0.0833. The summed E-state index contributed by atoms with van der Waals surface area (Å²) >= 11 is 0. The van der Waals surface area contributed by atoms with E-state index in [0.717, 1.165) is 18.7 Å². The predicted octanol–water partition coefficient (Wildman–Crippen LogP) is 3.10. The van der Waals surface area contributed by atoms with E-state index >= 15 is 0 Å². The van der Waals surface area contributed by atoms with Gasteiger partial charge in [-0.05, 0) is 50.2 Å². The molecular weight excluding hydrogens is 396 g/mol. The lowest BCUT2D eigenvalue weighted by Gasteiger charge is -2.24. The van der Waals surface area contributed by atoms with Crippen molar-refractivity contribution in [3.63, 3.8) is 0 Å². The number of amides is 1. The van der Waals surface area contributed by atoms with Crippen LogP contribution in [0.15, 0.2) is 42.5 Å². The Morgan fingerprint density at radius 3 is 2.19 bits per heavy atom. The highest BCUT2D eigenvalue weighted by molar-refractivity contribution is 5.94. The Balaban J connectivity index is 1.86. The fourth-order valence-corrected chi connectivity index (χ4v) is 3.17. The number of aliphatic hydroxyl groups excluding tert-OH is 1. The monoisotopic (exact) mass is 430 g/mol. The molecule has 1 amide bonds. The Hall–Kier alpha value is -2.77. The van der Waals surface area contributed by atoms with Crippen LogP contribution in [0.25, 0.3) is 0 Å². The van der Waals surface area contributed by atoms with Gasteiger partial charge in [0.2, 0.25) is 5.75 Å². The predicted molar refractivity (Wildman–Crippen MR) is 121 cm³/mol. The number of methoxy groups -OCH3 is 2. The van der Waals surface area contributed by atoms with Gasteiger partial charge in [0.15, 0.2) is 11.5 Å². The second-order valence-electron chi connectivity index (χ2n) is 7.52. The van der Waals surface area contributed by atoms with Gasteiger partial charge in [0.1, 0.15) is 12.7 Å². The standard InChI is InChI=1S/C24H34N2O5/c1-6-26(17(2)3)15-18-10-12-19(13-11-18)24(28)25-14-20(27)16-31-23-21(29-4)8-7-9-22(23)30-5/h7-13,17,20,27H,6,14-16H2,1-5H3,(H,25,28). The number of nitrogens with zero attached hydrogens (tertiary/aromatic N) is 1. The molecule has 2 N–H and O–H groups in total. The van der Waals surface area contributed by atoms with E-state index in [1.54, 1.807) is 30.3 Å². The van der Waals surface area contributed by atoms with Crippen LogP contribution in [0.3, 0.4) is 0 Å². The van der Waals surface area contributed by atoms with Crippen molar-refractivity contribution in [2.45, 2.75) is 39.5 Å². The molecule has 170 valence electrons. The smallest absolute Gasteiger partial charge is 0.251 e. The molecule has 0 aliphatic rings. The molecule has 1 atom stereocenters. The molecule has 7 nitrogen and oxygen atoms in total. The molecule has 7 heteroatoms. The fraction of sp³-hybridized carbons (Fsp3) is 0.458. The Morgan fingerprint density at radius 1 is 1.06 bits per heavy atom. The number of rotatable bonds is 12. The molecule has 31 heavy (non-hydrogen) atoms. The zero-order chi connectivity index (χ0) is 22.8. The van der Waals surface area contributed by atoms with Gasteiger partial charge in [-0.15, -0.1) is 0 Å². The Labute approximate surface area is 184 Å². The maximum absolute atomic E-state index is 12.4. The normalized spacial score (nSPS) is 12.0. The first-order valence-corrected chi connectivity index (χ1v) is 10.5. The highest BCUT2D eigenvalue weighted by Crippen LogP contribution is 2.36. The van der Waals surface area contributed by atoms with Crippen molar-refractivity contribution in [1.82, 2.24) is 10.2 Å². The van der Waals surface area contributed by atoms with E-state index < -0.39 is 6.10 Å². The molecule has 0 saturated carbocycles. The number of carbonyl (C=O) groups is 1. The quantitative estimate of drug-likeness (QED) is 0.539. The summed E-state index contributed by atoms with van der Waals surface area (Å²) in [5.74, 6) is 1.19. The number of ether oxygens (including phenoxy) is 3. The van der Waals surface area contributed by atoms with Crippen molar-refractivity contribution >= 4 is 5.91 Å². The third-order valence-electron chi connectivity index (χ3n) is 5.04. The molecule has 1 unspecified atom stereocenters. The zero-order valence-corrected chi connectivity index (χ0v) is 19.1. The van der Waals surface area contributed by atoms with Crippen LogP contribution in [0.5, 0.6) is 17.2 Å². The fourth-order valence-electron chi connectivity index (χ4n) is 3.17. The second kappa shape index (κ2) is 12.2. The van der Waals surface area contributed by atoms with Crippen molar-refractivity contribution in [2.75, 3.05) is 33.9 Å². The lowest BCUT2D eigenvalue weighted by atomic mass is 10.1. The van der Waals surface area contributed by atoms with Gasteiger partial charge in [-0.25, -0.2) is 0 Å². The summed E-state index contributed by atoms with van der Waals surface area (Å²) in [6.07, 6.45) is -0.887. The van der Waals surface area contributed by atoms with Crippen LogP contribution in [-0.2, 0) is 6.54 Å². The first-order chi connectivity index (χ1) is 14.9. The van der Waals surface area contributed by atoms with Gasteiger partial charge >= 0.3 is 0 Å². The number of hydrogen-bond donors (Lipinski definition) is 2. The average molecular weight is 431 g/mol. The third kappa shape index (κ3) is 7.15. The first kappa shape index (κ1) is 24.5. The van der Waals surface area contributed by atoms with E-state index in [2.05, 4.69) is 31.0 Å². The van der Waals surface area contributed by atoms with E-state index in [-0.39, 0.29) is 19.1 Å². The number of nitrogens with one attached hydrogen (secondary N) is 1. The summed E-state index contributed by atoms with van der Waals surface area (Å²) < 4.78 is 16.2. The van der Waals surface area contributed by atoms with Gasteiger partial charge in [-0.2, -0.15) is 0 Å². The summed E-state index contributed by atoms with van der Waals surface area (Å²) in [4.78, 5) is 14.8. The largest absolute Gasteiger partial charge is 0.493 e. The van der Waals surface area contributed by atoms with Crippen LogP contribution in [0.1, 0.15) is 36.7 Å². The highest BCUT2D eigenvalue weighted by Gasteiger charge is 2.15. The molecule has 2 rings (SSSR count). The topological polar surface area (TPSA) is 80.3 Å². The van der Waals surface area contributed by atoms with Crippen LogP contribution in [-0.4, -0.2) is 62.0 Å². The SMILES string of the molecule is CCN(Cc1ccc(C(=O)NCC(O)COc2c(OC)cccc2OC)cc1)C(C)C. The van der Waals surface area contributed by atoms with Crippen molar-refractivity contribution in [1.29, 1.82) is 0 Å². The molecule has 0 heterocycles. The number of carbonyl (C=O) groups excluding carboxylic acids is 1. The molecule has 0 aliphatic carbocycles. The Bertz CT molecular complexity index is 801. The molecular formula is C24H34N2O5. The van der Waals surface area contributed by atoms with E-state index in [9.17, 15) is 9.90 Å². The van der Waals surface area contributed by atoms with Crippen molar-refractivity contribution in [3.05, 3.63) is 53.6 Å². The summed E-state index contributed by atoms with van der Waals surface area (Å²) in [5, 5.41) is 13.0. The third-order valence-corrected chi connectivity index (χ3v) is 5.04. The molecule has 0 spiro atoms. The summed E-state index contributed by atoms with van der Waals surface area (Å²) in [7, 11) is 3.07. The number of aliphatic hydroxyl groups is 1. The first-order valence-electron chi connectivity index (χ1n) is 10.5. The van der Waals surface area contributed by atoms with Crippen molar-refractivity contribution < 1.29 is 24.1 Å². The van der Waals surface area contributed by atoms with Crippen LogP contribution in [0.2, 0.25) is 0 Å². The molecule has 0 fully saturated rings. The van der Waals surface area contributed by atoms with Gasteiger partial charge in [0, 0.05) is 24.7 Å². The van der Waals surface area contributed by atoms with E-state index in [0.29, 0.717) is 28.9 Å². The molecule has 0 radical (unpaired) electrons. The number of hydrogen-bond acceptors (Lipinski definition) is 6. The van der Waals surface area contributed by atoms with Gasteiger partial charge in [0.05, 0.1) is 14.2 Å². The minimum Gasteiger partial charge on any atom is -0.493 e. The maximum Gasteiger partial charge on any atom is 0.251 e. The van der Waals surface area contributed by atoms with Crippen molar-refractivity contribution in [3.8, 4) is 17.2 Å². The lowest BCUT2D eigenvalue weighted by Crippen LogP contribution is -2.35. The molecule has 0 aromatic heterocycles. The van der Waals surface area contributed by atoms with Crippen LogP contribution >= 0.6 is 0 Å². The Kier molecular flexibility index (Phi) is 9.62. The molecule has 2 aromatic carbocycles.